The number of halogens is 3. The van der Waals surface area contributed by atoms with Crippen molar-refractivity contribution in [1.29, 1.82) is 0 Å². The zero-order valence-electron chi connectivity index (χ0n) is 22.4. The van der Waals surface area contributed by atoms with Crippen LogP contribution in [-0.2, 0) is 25.0 Å². The van der Waals surface area contributed by atoms with Crippen molar-refractivity contribution < 1.29 is 48.6 Å². The van der Waals surface area contributed by atoms with Crippen molar-refractivity contribution in [2.24, 2.45) is 10.2 Å². The van der Waals surface area contributed by atoms with E-state index in [1.807, 2.05) is 0 Å². The molecule has 4 rings (SSSR count). The average Bonchev–Trinajstić information content (AvgIpc) is 2.93. The number of nitrogens with zero attached hydrogens (tertiary/aromatic N) is 5. The van der Waals surface area contributed by atoms with E-state index in [1.165, 1.54) is 37.3 Å². The monoisotopic (exact) mass is 668 g/mol. The number of hydrogen-bond donors (Lipinski definition) is 5. The second-order valence-electron chi connectivity index (χ2n) is 8.74. The number of anilines is 4. The Hall–Kier alpha value is -5.25. The molecule has 1 aromatic heterocycles. The molecule has 0 aliphatic heterocycles. The largest absolute Gasteiger partial charge is 0.456 e. The van der Waals surface area contributed by atoms with E-state index in [-0.39, 0.29) is 39.5 Å². The van der Waals surface area contributed by atoms with Crippen LogP contribution in [-0.4, -0.2) is 53.4 Å². The lowest BCUT2D eigenvalue weighted by Crippen LogP contribution is -2.11. The van der Waals surface area contributed by atoms with E-state index in [0.717, 1.165) is 18.2 Å². The average molecular weight is 669 g/mol. The third kappa shape index (κ3) is 8.23. The van der Waals surface area contributed by atoms with Crippen LogP contribution < -0.4 is 21.1 Å². The first kappa shape index (κ1) is 32.7. The molecular weight excluding hydrogens is 649 g/mol. The summed E-state index contributed by atoms with van der Waals surface area (Å²) in [5, 5.41) is 12.6. The molecular formula is C24H19F3N8O8S2. The Labute approximate surface area is 251 Å². The summed E-state index contributed by atoms with van der Waals surface area (Å²) in [5.74, 6) is -3.09. The van der Waals surface area contributed by atoms with E-state index in [4.69, 9.17) is 10.5 Å². The van der Waals surface area contributed by atoms with Gasteiger partial charge in [-0.05, 0) is 36.4 Å². The van der Waals surface area contributed by atoms with Crippen LogP contribution in [0.2, 0.25) is 0 Å². The Balaban J connectivity index is 1.71. The second-order valence-corrected chi connectivity index (χ2v) is 11.5. The van der Waals surface area contributed by atoms with Crippen LogP contribution in [0, 0.1) is 0 Å². The van der Waals surface area contributed by atoms with Gasteiger partial charge in [-0.15, -0.1) is 0 Å². The molecule has 0 saturated heterocycles. The summed E-state index contributed by atoms with van der Waals surface area (Å²) >= 11 is 0. The van der Waals surface area contributed by atoms with Gasteiger partial charge < -0.3 is 21.1 Å². The normalized spacial score (nSPS) is 11.9. The molecule has 1 heterocycles. The number of amides is 1. The van der Waals surface area contributed by atoms with Crippen LogP contribution in [0.15, 0.2) is 80.5 Å². The fraction of sp³-hybridized carbons (Fsp3) is 0.0833. The number of rotatable bonds is 10. The minimum atomic E-state index is -4.89. The van der Waals surface area contributed by atoms with Crippen LogP contribution in [0.5, 0.6) is 6.01 Å². The van der Waals surface area contributed by atoms with Crippen LogP contribution in [0.4, 0.5) is 47.8 Å². The van der Waals surface area contributed by atoms with Crippen molar-refractivity contribution in [3.05, 3.63) is 60.4 Å². The van der Waals surface area contributed by atoms with Crippen molar-refractivity contribution in [3.63, 3.8) is 0 Å². The Morgan fingerprint density at radius 2 is 1.58 bits per heavy atom. The van der Waals surface area contributed by atoms with Gasteiger partial charge in [0.25, 0.3) is 20.2 Å². The molecule has 0 unspecified atom stereocenters. The molecule has 4 aromatic rings. The smallest absolute Gasteiger partial charge is 0.323 e. The zero-order valence-corrected chi connectivity index (χ0v) is 24.1. The van der Waals surface area contributed by atoms with Gasteiger partial charge in [0, 0.05) is 17.7 Å². The standard InChI is InChI=1S/C24H19F3N8O8S2/c1-11(36)29-18-8-12(5-6-17(18)30-23-31-22(28)32-24(33-23)43-10-16(25)21(26)27)34-35-13-7-15-14(20(9-13)45(40,41)42)3-2-4-19(15)44(37,38)39/h2-9H,10H2,1H3,(H,29,36)(H,37,38,39)(H,40,41,42)(H3,28,30,31,32,33). The number of hydrogen-bond acceptors (Lipinski definition) is 13. The summed E-state index contributed by atoms with van der Waals surface area (Å²) in [5.41, 5.74) is 5.63. The van der Waals surface area contributed by atoms with Gasteiger partial charge in [-0.25, -0.2) is 4.39 Å². The number of carbonyl (C=O) groups excluding carboxylic acids is 1. The third-order valence-electron chi connectivity index (χ3n) is 5.47. The highest BCUT2D eigenvalue weighted by Crippen LogP contribution is 2.35. The Bertz CT molecular complexity index is 2110. The SMILES string of the molecule is CC(=O)Nc1cc(N=Nc2cc(S(=O)(=O)O)c3cccc(S(=O)(=O)O)c3c2)ccc1Nc1nc(N)nc(OCC(F)=C(F)F)n1. The first-order valence-corrected chi connectivity index (χ1v) is 14.9. The maximum Gasteiger partial charge on any atom is 0.323 e. The summed E-state index contributed by atoms with van der Waals surface area (Å²) in [6.45, 7) is 0.0117. The molecule has 0 saturated carbocycles. The fourth-order valence-electron chi connectivity index (χ4n) is 3.71. The fourth-order valence-corrected chi connectivity index (χ4v) is 5.14. The van der Waals surface area contributed by atoms with Crippen molar-refractivity contribution in [2.75, 3.05) is 23.0 Å². The molecule has 0 aliphatic rings. The highest BCUT2D eigenvalue weighted by Gasteiger charge is 2.21. The Morgan fingerprint density at radius 3 is 2.22 bits per heavy atom. The number of fused-ring (bicyclic) bond motifs is 1. The first-order chi connectivity index (χ1) is 21.0. The van der Waals surface area contributed by atoms with Crippen molar-refractivity contribution in [2.45, 2.75) is 16.7 Å². The second kappa shape index (κ2) is 12.8. The number of aromatic nitrogens is 3. The van der Waals surface area contributed by atoms with Gasteiger partial charge in [-0.2, -0.15) is 50.8 Å². The summed E-state index contributed by atoms with van der Waals surface area (Å²) < 4.78 is 110. The number of ether oxygens (including phenoxy) is 1. The number of benzene rings is 3. The van der Waals surface area contributed by atoms with E-state index >= 15 is 0 Å². The van der Waals surface area contributed by atoms with E-state index in [2.05, 4.69) is 35.8 Å². The Morgan fingerprint density at radius 1 is 0.889 bits per heavy atom. The lowest BCUT2D eigenvalue weighted by atomic mass is 10.1. The lowest BCUT2D eigenvalue weighted by molar-refractivity contribution is -0.114. The summed E-state index contributed by atoms with van der Waals surface area (Å²) in [4.78, 5) is 21.7. The summed E-state index contributed by atoms with van der Waals surface area (Å²) in [7, 11) is -9.71. The minimum absolute atomic E-state index is 0.0653. The molecule has 6 N–H and O–H groups in total. The van der Waals surface area contributed by atoms with Gasteiger partial charge in [0.2, 0.25) is 23.6 Å². The van der Waals surface area contributed by atoms with Gasteiger partial charge in [0.1, 0.15) is 16.4 Å². The molecule has 0 bridgehead atoms. The minimum Gasteiger partial charge on any atom is -0.456 e. The molecule has 21 heteroatoms. The number of nitrogens with two attached hydrogens (primary N) is 1. The molecule has 0 atom stereocenters. The third-order valence-corrected chi connectivity index (χ3v) is 7.27. The predicted octanol–water partition coefficient (Wildman–Crippen LogP) is 4.67. The van der Waals surface area contributed by atoms with Crippen molar-refractivity contribution in [3.8, 4) is 6.01 Å². The molecule has 3 aromatic carbocycles. The molecule has 0 aliphatic carbocycles. The van der Waals surface area contributed by atoms with E-state index in [0.29, 0.717) is 0 Å². The molecule has 0 spiro atoms. The summed E-state index contributed by atoms with van der Waals surface area (Å²) in [6.07, 6.45) is -2.59. The maximum absolute atomic E-state index is 13.1. The van der Waals surface area contributed by atoms with Gasteiger partial charge in [0.05, 0.1) is 22.7 Å². The van der Waals surface area contributed by atoms with Gasteiger partial charge in [-0.1, -0.05) is 12.1 Å². The van der Waals surface area contributed by atoms with Gasteiger partial charge in [-0.3, -0.25) is 13.9 Å². The topological polar surface area (TPSA) is 249 Å². The molecule has 0 radical (unpaired) electrons. The van der Waals surface area contributed by atoms with E-state index < -0.39 is 66.4 Å². The highest BCUT2D eigenvalue weighted by molar-refractivity contribution is 7.86. The highest BCUT2D eigenvalue weighted by atomic mass is 32.2. The molecule has 16 nitrogen and oxygen atoms in total. The van der Waals surface area contributed by atoms with Crippen LogP contribution in [0.3, 0.4) is 0 Å². The molecule has 0 fully saturated rings. The van der Waals surface area contributed by atoms with Crippen LogP contribution in [0.25, 0.3) is 10.8 Å². The van der Waals surface area contributed by atoms with Crippen molar-refractivity contribution >= 4 is 71.6 Å². The number of azo groups is 1. The van der Waals surface area contributed by atoms with Crippen molar-refractivity contribution in [1.82, 2.24) is 15.0 Å². The molecule has 1 amide bonds. The number of nitrogens with one attached hydrogen (secondary N) is 2. The number of carbonyl (C=O) groups is 1. The van der Waals surface area contributed by atoms with Gasteiger partial charge in [0.15, 0.2) is 0 Å². The summed E-state index contributed by atoms with van der Waals surface area (Å²) in [6, 6.07) is 8.88. The number of nitrogen functional groups attached to an aromatic ring is 1. The zero-order chi connectivity index (χ0) is 33.1. The quantitative estimate of drug-likeness (QED) is 0.114. The van der Waals surface area contributed by atoms with Gasteiger partial charge >= 0.3 is 12.1 Å². The Kier molecular flexibility index (Phi) is 9.27. The molecule has 45 heavy (non-hydrogen) atoms. The first-order valence-electron chi connectivity index (χ1n) is 12.0. The maximum atomic E-state index is 13.1. The van der Waals surface area contributed by atoms with E-state index in [1.54, 1.807) is 0 Å². The lowest BCUT2D eigenvalue weighted by Gasteiger charge is -2.13. The van der Waals surface area contributed by atoms with E-state index in [9.17, 15) is 43.9 Å². The van der Waals surface area contributed by atoms with Crippen LogP contribution in [0.1, 0.15) is 6.92 Å². The van der Waals surface area contributed by atoms with Crippen LogP contribution >= 0.6 is 0 Å². The molecule has 236 valence electrons. The predicted molar refractivity (Wildman–Crippen MR) is 152 cm³/mol.